The van der Waals surface area contributed by atoms with Gasteiger partial charge in [0.05, 0.1) is 12.8 Å². The number of hydrogen-bond acceptors (Lipinski definition) is 3. The van der Waals surface area contributed by atoms with Gasteiger partial charge in [0.25, 0.3) is 0 Å². The van der Waals surface area contributed by atoms with Crippen LogP contribution in [0.2, 0.25) is 0 Å². The maximum Gasteiger partial charge on any atom is 0.193 e. The predicted molar refractivity (Wildman–Crippen MR) is 113 cm³/mol. The van der Waals surface area contributed by atoms with Crippen LogP contribution in [0.1, 0.15) is 22.5 Å². The highest BCUT2D eigenvalue weighted by Crippen LogP contribution is 2.19. The molecule has 138 valence electrons. The molecule has 25 heavy (non-hydrogen) atoms. The van der Waals surface area contributed by atoms with Gasteiger partial charge in [0.1, 0.15) is 5.75 Å². The van der Waals surface area contributed by atoms with Crippen molar-refractivity contribution in [2.75, 3.05) is 21.2 Å². The molecule has 7 heteroatoms. The number of hydrogen-bond donors (Lipinski definition) is 1. The Morgan fingerprint density at radius 3 is 2.56 bits per heavy atom. The van der Waals surface area contributed by atoms with Crippen LogP contribution < -0.4 is 10.1 Å². The summed E-state index contributed by atoms with van der Waals surface area (Å²) in [6, 6.07) is 8.04. The summed E-state index contributed by atoms with van der Waals surface area (Å²) in [6.07, 6.45) is 0. The number of methoxy groups -OCH3 is 1. The van der Waals surface area contributed by atoms with E-state index in [0.29, 0.717) is 13.1 Å². The average Bonchev–Trinajstić information content (AvgIpc) is 2.81. The minimum atomic E-state index is 0. The zero-order chi connectivity index (χ0) is 17.7. The van der Waals surface area contributed by atoms with Crippen molar-refractivity contribution in [2.45, 2.75) is 26.9 Å². The molecule has 0 aliphatic rings. The normalized spacial score (nSPS) is 11.0. The summed E-state index contributed by atoms with van der Waals surface area (Å²) in [7, 11) is 7.48. The third kappa shape index (κ3) is 5.10. The smallest absolute Gasteiger partial charge is 0.193 e. The summed E-state index contributed by atoms with van der Waals surface area (Å²) in [5.41, 5.74) is 4.55. The molecule has 0 fully saturated rings. The lowest BCUT2D eigenvalue weighted by atomic mass is 10.2. The van der Waals surface area contributed by atoms with Crippen molar-refractivity contribution >= 4 is 29.9 Å². The second kappa shape index (κ2) is 9.65. The number of ether oxygens (including phenoxy) is 1. The molecule has 6 nitrogen and oxygen atoms in total. The quantitative estimate of drug-likeness (QED) is 0.426. The van der Waals surface area contributed by atoms with Gasteiger partial charge in [-0.15, -0.1) is 24.0 Å². The fourth-order valence-corrected chi connectivity index (χ4v) is 2.79. The lowest BCUT2D eigenvalue weighted by Gasteiger charge is -2.23. The van der Waals surface area contributed by atoms with Crippen LogP contribution in [-0.2, 0) is 20.1 Å². The lowest BCUT2D eigenvalue weighted by Crippen LogP contribution is -2.38. The molecular weight excluding hydrogens is 429 g/mol. The van der Waals surface area contributed by atoms with Crippen LogP contribution in [-0.4, -0.2) is 41.8 Å². The van der Waals surface area contributed by atoms with Crippen molar-refractivity contribution in [1.29, 1.82) is 0 Å². The standard InChI is InChI=1S/C18H27N5O.HI/c1-13-16(14(2)23(5)21-13)11-20-18(19-3)22(4)12-15-9-7-8-10-17(15)24-6;/h7-10H,11-12H2,1-6H3,(H,19,20);1H. The van der Waals surface area contributed by atoms with E-state index in [1.54, 1.807) is 14.2 Å². The number of para-hydroxylation sites is 1. The summed E-state index contributed by atoms with van der Waals surface area (Å²) in [6.45, 7) is 5.53. The summed E-state index contributed by atoms with van der Waals surface area (Å²) in [5.74, 6) is 1.72. The van der Waals surface area contributed by atoms with Gasteiger partial charge in [-0.05, 0) is 19.9 Å². The SMILES string of the molecule is CN=C(NCc1c(C)nn(C)c1C)N(C)Cc1ccccc1OC.I. The van der Waals surface area contributed by atoms with Gasteiger partial charge in [0.2, 0.25) is 0 Å². The van der Waals surface area contributed by atoms with Gasteiger partial charge >= 0.3 is 0 Å². The molecule has 1 aromatic heterocycles. The number of aromatic nitrogens is 2. The highest BCUT2D eigenvalue weighted by molar-refractivity contribution is 14.0. The van der Waals surface area contributed by atoms with Crippen molar-refractivity contribution in [1.82, 2.24) is 20.0 Å². The first-order chi connectivity index (χ1) is 11.5. The van der Waals surface area contributed by atoms with Gasteiger partial charge in [-0.3, -0.25) is 9.67 Å². The minimum absolute atomic E-state index is 0. The molecular formula is C18H28IN5O. The first kappa shape index (κ1) is 21.3. The first-order valence-electron chi connectivity index (χ1n) is 8.00. The Morgan fingerprint density at radius 2 is 2.00 bits per heavy atom. The number of nitrogens with one attached hydrogen (secondary N) is 1. The fraction of sp³-hybridized carbons (Fsp3) is 0.444. The molecule has 1 heterocycles. The number of nitrogens with zero attached hydrogens (tertiary/aromatic N) is 4. The molecule has 2 aromatic rings. The van der Waals surface area contributed by atoms with Gasteiger partial charge in [0.15, 0.2) is 5.96 Å². The maximum atomic E-state index is 5.43. The Balaban J connectivity index is 0.00000312. The number of benzene rings is 1. The van der Waals surface area contributed by atoms with Gasteiger partial charge in [-0.25, -0.2) is 0 Å². The van der Waals surface area contributed by atoms with E-state index in [-0.39, 0.29) is 24.0 Å². The Kier molecular flexibility index (Phi) is 8.21. The molecule has 2 rings (SSSR count). The van der Waals surface area contributed by atoms with Crippen LogP contribution in [0.15, 0.2) is 29.3 Å². The molecule has 0 bridgehead atoms. The number of guanidine groups is 1. The Bertz CT molecular complexity index is 726. The van der Waals surface area contributed by atoms with Crippen molar-refractivity contribution in [3.63, 3.8) is 0 Å². The minimum Gasteiger partial charge on any atom is -0.496 e. The molecule has 1 N–H and O–H groups in total. The van der Waals surface area contributed by atoms with Crippen molar-refractivity contribution in [2.24, 2.45) is 12.0 Å². The van der Waals surface area contributed by atoms with Gasteiger partial charge < -0.3 is 15.0 Å². The van der Waals surface area contributed by atoms with E-state index in [1.807, 2.05) is 43.9 Å². The largest absolute Gasteiger partial charge is 0.496 e. The van der Waals surface area contributed by atoms with E-state index in [9.17, 15) is 0 Å². The highest BCUT2D eigenvalue weighted by Gasteiger charge is 2.13. The molecule has 0 spiro atoms. The molecule has 0 unspecified atom stereocenters. The predicted octanol–water partition coefficient (Wildman–Crippen LogP) is 2.87. The molecule has 0 aliphatic heterocycles. The third-order valence-corrected chi connectivity index (χ3v) is 4.26. The van der Waals surface area contributed by atoms with Crippen LogP contribution in [0.3, 0.4) is 0 Å². The third-order valence-electron chi connectivity index (χ3n) is 4.26. The molecule has 0 atom stereocenters. The first-order valence-corrected chi connectivity index (χ1v) is 8.00. The summed E-state index contributed by atoms with van der Waals surface area (Å²) < 4.78 is 7.34. The zero-order valence-electron chi connectivity index (χ0n) is 15.8. The molecule has 0 aliphatic carbocycles. The summed E-state index contributed by atoms with van der Waals surface area (Å²) >= 11 is 0. The highest BCUT2D eigenvalue weighted by atomic mass is 127. The Labute approximate surface area is 167 Å². The molecule has 0 saturated heterocycles. The van der Waals surface area contributed by atoms with Gasteiger partial charge in [-0.1, -0.05) is 18.2 Å². The van der Waals surface area contributed by atoms with E-state index in [1.165, 1.54) is 11.3 Å². The van der Waals surface area contributed by atoms with E-state index < -0.39 is 0 Å². The second-order valence-electron chi connectivity index (χ2n) is 5.84. The molecule has 1 aromatic carbocycles. The van der Waals surface area contributed by atoms with E-state index in [0.717, 1.165) is 23.0 Å². The van der Waals surface area contributed by atoms with Gasteiger partial charge in [0, 0.05) is 51.1 Å². The van der Waals surface area contributed by atoms with Crippen LogP contribution >= 0.6 is 24.0 Å². The maximum absolute atomic E-state index is 5.43. The van der Waals surface area contributed by atoms with Crippen molar-refractivity contribution in [3.8, 4) is 5.75 Å². The topological polar surface area (TPSA) is 54.7 Å². The number of aryl methyl sites for hydroxylation is 2. The number of rotatable bonds is 5. The Morgan fingerprint density at radius 1 is 1.32 bits per heavy atom. The van der Waals surface area contributed by atoms with Gasteiger partial charge in [-0.2, -0.15) is 5.10 Å². The van der Waals surface area contributed by atoms with E-state index in [2.05, 4.69) is 33.3 Å². The Hall–Kier alpha value is -1.77. The zero-order valence-corrected chi connectivity index (χ0v) is 18.2. The fourth-order valence-electron chi connectivity index (χ4n) is 2.79. The summed E-state index contributed by atoms with van der Waals surface area (Å²) in [5, 5.41) is 7.88. The molecule has 0 saturated carbocycles. The van der Waals surface area contributed by atoms with Crippen LogP contribution in [0, 0.1) is 13.8 Å². The van der Waals surface area contributed by atoms with E-state index in [4.69, 9.17) is 4.74 Å². The second-order valence-corrected chi connectivity index (χ2v) is 5.84. The van der Waals surface area contributed by atoms with E-state index >= 15 is 0 Å². The van der Waals surface area contributed by atoms with Crippen molar-refractivity contribution < 1.29 is 4.74 Å². The lowest BCUT2D eigenvalue weighted by molar-refractivity contribution is 0.396. The molecule has 0 amide bonds. The van der Waals surface area contributed by atoms with Crippen LogP contribution in [0.4, 0.5) is 0 Å². The summed E-state index contributed by atoms with van der Waals surface area (Å²) in [4.78, 5) is 6.47. The molecule has 0 radical (unpaired) electrons. The average molecular weight is 457 g/mol. The van der Waals surface area contributed by atoms with Crippen molar-refractivity contribution in [3.05, 3.63) is 46.8 Å². The van der Waals surface area contributed by atoms with Crippen LogP contribution in [0.5, 0.6) is 5.75 Å². The number of aliphatic imine (C=N–C) groups is 1. The monoisotopic (exact) mass is 457 g/mol. The number of halogens is 1. The van der Waals surface area contributed by atoms with Crippen LogP contribution in [0.25, 0.3) is 0 Å².